The van der Waals surface area contributed by atoms with Crippen molar-refractivity contribution in [2.75, 3.05) is 19.6 Å². The second-order valence-corrected chi connectivity index (χ2v) is 6.19. The van der Waals surface area contributed by atoms with Gasteiger partial charge in [-0.3, -0.25) is 4.90 Å². The van der Waals surface area contributed by atoms with Crippen molar-refractivity contribution in [3.05, 3.63) is 29.0 Å². The number of hydrogen-bond acceptors (Lipinski definition) is 3. The van der Waals surface area contributed by atoms with Crippen LogP contribution in [0, 0.1) is 5.92 Å². The minimum absolute atomic E-state index is 0.634. The highest BCUT2D eigenvalue weighted by Gasteiger charge is 2.19. The third-order valence-corrected chi connectivity index (χ3v) is 3.83. The van der Waals surface area contributed by atoms with Gasteiger partial charge in [-0.25, -0.2) is 4.98 Å². The molecule has 0 aliphatic carbocycles. The number of pyridine rings is 1. The van der Waals surface area contributed by atoms with E-state index in [0.717, 1.165) is 31.7 Å². The first-order chi connectivity index (χ1) is 9.15. The van der Waals surface area contributed by atoms with Crippen LogP contribution >= 0.6 is 11.6 Å². The van der Waals surface area contributed by atoms with Crippen LogP contribution in [0.2, 0.25) is 5.15 Å². The maximum atomic E-state index is 6.17. The van der Waals surface area contributed by atoms with E-state index in [1.54, 1.807) is 6.20 Å². The molecule has 0 aromatic carbocycles. The van der Waals surface area contributed by atoms with E-state index in [4.69, 9.17) is 11.6 Å². The summed E-state index contributed by atoms with van der Waals surface area (Å²) in [6.45, 7) is 8.78. The fourth-order valence-corrected chi connectivity index (χ4v) is 2.90. The summed E-state index contributed by atoms with van der Waals surface area (Å²) in [4.78, 5) is 6.66. The molecule has 0 saturated carbocycles. The van der Waals surface area contributed by atoms with E-state index in [-0.39, 0.29) is 0 Å². The molecule has 1 aliphatic rings. The van der Waals surface area contributed by atoms with Crippen LogP contribution in [-0.4, -0.2) is 35.6 Å². The molecule has 1 saturated heterocycles. The zero-order chi connectivity index (χ0) is 13.7. The summed E-state index contributed by atoms with van der Waals surface area (Å²) < 4.78 is 0. The van der Waals surface area contributed by atoms with Crippen molar-refractivity contribution in [1.82, 2.24) is 15.2 Å². The van der Waals surface area contributed by atoms with Crippen LogP contribution in [0.5, 0.6) is 0 Å². The van der Waals surface area contributed by atoms with E-state index >= 15 is 0 Å². The van der Waals surface area contributed by atoms with E-state index < -0.39 is 0 Å². The van der Waals surface area contributed by atoms with Crippen molar-refractivity contribution >= 4 is 11.6 Å². The van der Waals surface area contributed by atoms with Gasteiger partial charge in [0.2, 0.25) is 0 Å². The monoisotopic (exact) mass is 281 g/mol. The highest BCUT2D eigenvalue weighted by molar-refractivity contribution is 6.30. The lowest BCUT2D eigenvalue weighted by Gasteiger charge is -2.27. The molecule has 1 fully saturated rings. The highest BCUT2D eigenvalue weighted by Crippen LogP contribution is 2.16. The summed E-state index contributed by atoms with van der Waals surface area (Å²) in [5, 5.41) is 4.21. The van der Waals surface area contributed by atoms with Crippen LogP contribution in [0.1, 0.15) is 32.3 Å². The van der Waals surface area contributed by atoms with Crippen molar-refractivity contribution in [3.8, 4) is 0 Å². The minimum Gasteiger partial charge on any atom is -0.313 e. The number of nitrogens with zero attached hydrogens (tertiary/aromatic N) is 2. The maximum Gasteiger partial charge on any atom is 0.133 e. The number of hydrogen-bond donors (Lipinski definition) is 1. The Kier molecular flexibility index (Phi) is 5.61. The first-order valence-corrected chi connectivity index (χ1v) is 7.58. The van der Waals surface area contributed by atoms with Crippen LogP contribution in [0.25, 0.3) is 0 Å². The lowest BCUT2D eigenvalue weighted by molar-refractivity contribution is 0.216. The Balaban J connectivity index is 1.98. The molecule has 106 valence electrons. The van der Waals surface area contributed by atoms with Crippen molar-refractivity contribution in [3.63, 3.8) is 0 Å². The molecular weight excluding hydrogens is 258 g/mol. The Morgan fingerprint density at radius 2 is 2.37 bits per heavy atom. The molecule has 2 rings (SSSR count). The molecule has 0 bridgehead atoms. The van der Waals surface area contributed by atoms with Crippen molar-refractivity contribution < 1.29 is 0 Å². The molecule has 1 atom stereocenters. The molecular formula is C15H24ClN3. The first-order valence-electron chi connectivity index (χ1n) is 7.20. The van der Waals surface area contributed by atoms with E-state index in [9.17, 15) is 0 Å². The van der Waals surface area contributed by atoms with Crippen molar-refractivity contribution in [2.45, 2.75) is 39.3 Å². The fourth-order valence-electron chi connectivity index (χ4n) is 2.72. The standard InChI is InChI=1S/C15H24ClN3/c1-12(2)9-19(11-14-6-4-7-17-14)10-13-5-3-8-18-15(13)16/h3,5,8,12,14,17H,4,6-7,9-11H2,1-2H3. The van der Waals surface area contributed by atoms with Gasteiger partial charge in [0.05, 0.1) is 0 Å². The minimum atomic E-state index is 0.634. The number of aromatic nitrogens is 1. The van der Waals surface area contributed by atoms with E-state index in [2.05, 4.69) is 35.1 Å². The van der Waals surface area contributed by atoms with Crippen molar-refractivity contribution in [2.24, 2.45) is 5.92 Å². The Hall–Kier alpha value is -0.640. The number of halogens is 1. The van der Waals surface area contributed by atoms with E-state index in [1.807, 2.05) is 6.07 Å². The molecule has 2 heterocycles. The summed E-state index contributed by atoms with van der Waals surface area (Å²) in [6.07, 6.45) is 4.33. The van der Waals surface area contributed by atoms with Gasteiger partial charge in [-0.05, 0) is 31.4 Å². The van der Waals surface area contributed by atoms with Gasteiger partial charge in [-0.1, -0.05) is 31.5 Å². The topological polar surface area (TPSA) is 28.2 Å². The Morgan fingerprint density at radius 1 is 1.53 bits per heavy atom. The van der Waals surface area contributed by atoms with Gasteiger partial charge in [-0.15, -0.1) is 0 Å². The molecule has 4 heteroatoms. The molecule has 19 heavy (non-hydrogen) atoms. The van der Waals surface area contributed by atoms with Crippen LogP contribution < -0.4 is 5.32 Å². The Labute approximate surface area is 121 Å². The average Bonchev–Trinajstić information content (AvgIpc) is 2.84. The number of nitrogens with one attached hydrogen (secondary N) is 1. The summed E-state index contributed by atoms with van der Waals surface area (Å²) in [5.41, 5.74) is 1.13. The lowest BCUT2D eigenvalue weighted by Crippen LogP contribution is -2.39. The summed E-state index contributed by atoms with van der Waals surface area (Å²) in [5.74, 6) is 0.664. The van der Waals surface area contributed by atoms with Crippen LogP contribution in [-0.2, 0) is 6.54 Å². The van der Waals surface area contributed by atoms with Crippen LogP contribution in [0.3, 0.4) is 0 Å². The normalized spacial score (nSPS) is 19.5. The van der Waals surface area contributed by atoms with Crippen LogP contribution in [0.15, 0.2) is 18.3 Å². The second kappa shape index (κ2) is 7.22. The molecule has 1 aliphatic heterocycles. The zero-order valence-corrected chi connectivity index (χ0v) is 12.7. The SMILES string of the molecule is CC(C)CN(Cc1cccnc1Cl)CC1CCCN1. The van der Waals surface area contributed by atoms with Gasteiger partial charge >= 0.3 is 0 Å². The lowest BCUT2D eigenvalue weighted by atomic mass is 10.1. The molecule has 3 nitrogen and oxygen atoms in total. The van der Waals surface area contributed by atoms with Crippen molar-refractivity contribution in [1.29, 1.82) is 0 Å². The predicted octanol–water partition coefficient (Wildman–Crippen LogP) is 2.95. The van der Waals surface area contributed by atoms with Gasteiger partial charge in [0.15, 0.2) is 0 Å². The molecule has 1 unspecified atom stereocenters. The highest BCUT2D eigenvalue weighted by atomic mass is 35.5. The van der Waals surface area contributed by atoms with Gasteiger partial charge in [0, 0.05) is 37.4 Å². The molecule has 0 amide bonds. The van der Waals surface area contributed by atoms with Crippen LogP contribution in [0.4, 0.5) is 0 Å². The van der Waals surface area contributed by atoms with Gasteiger partial charge in [0.1, 0.15) is 5.15 Å². The maximum absolute atomic E-state index is 6.17. The third-order valence-electron chi connectivity index (χ3n) is 3.49. The Bertz CT molecular complexity index is 389. The quantitative estimate of drug-likeness (QED) is 0.813. The van der Waals surface area contributed by atoms with Gasteiger partial charge in [-0.2, -0.15) is 0 Å². The zero-order valence-electron chi connectivity index (χ0n) is 11.9. The van der Waals surface area contributed by atoms with E-state index in [0.29, 0.717) is 17.1 Å². The Morgan fingerprint density at radius 3 is 3.00 bits per heavy atom. The third kappa shape index (κ3) is 4.75. The largest absolute Gasteiger partial charge is 0.313 e. The van der Waals surface area contributed by atoms with E-state index in [1.165, 1.54) is 12.8 Å². The molecule has 1 N–H and O–H groups in total. The first kappa shape index (κ1) is 14.8. The average molecular weight is 282 g/mol. The smallest absolute Gasteiger partial charge is 0.133 e. The molecule has 1 aromatic rings. The predicted molar refractivity (Wildman–Crippen MR) is 80.4 cm³/mol. The van der Waals surface area contributed by atoms with Gasteiger partial charge < -0.3 is 5.32 Å². The molecule has 1 aromatic heterocycles. The molecule has 0 radical (unpaired) electrons. The molecule has 0 spiro atoms. The van der Waals surface area contributed by atoms with Gasteiger partial charge in [0.25, 0.3) is 0 Å². The summed E-state index contributed by atoms with van der Waals surface area (Å²) in [6, 6.07) is 4.67. The second-order valence-electron chi connectivity index (χ2n) is 5.83. The summed E-state index contributed by atoms with van der Waals surface area (Å²) in [7, 11) is 0. The summed E-state index contributed by atoms with van der Waals surface area (Å²) >= 11 is 6.17. The fraction of sp³-hybridized carbons (Fsp3) is 0.667. The number of rotatable bonds is 6.